The van der Waals surface area contributed by atoms with Crippen LogP contribution in [0.25, 0.3) is 0 Å². The molecule has 0 N–H and O–H groups in total. The Bertz CT molecular complexity index is 425. The van der Waals surface area contributed by atoms with Crippen LogP contribution in [0.5, 0.6) is 0 Å². The molecular weight excluding hydrogens is 242 g/mol. The molecule has 90 valence electrons. The first kappa shape index (κ1) is 12.1. The Kier molecular flexibility index (Phi) is 3.66. The molecule has 1 fully saturated rings. The topological polar surface area (TPSA) is 37.4 Å². The summed E-state index contributed by atoms with van der Waals surface area (Å²) in [4.78, 5) is 2.24. The lowest BCUT2D eigenvalue weighted by molar-refractivity contribution is 0.284. The van der Waals surface area contributed by atoms with Crippen molar-refractivity contribution in [3.05, 3.63) is 22.4 Å². The second-order valence-corrected chi connectivity index (χ2v) is 7.69. The van der Waals surface area contributed by atoms with Gasteiger partial charge in [0.2, 0.25) is 0 Å². The molecule has 3 nitrogen and oxygen atoms in total. The predicted octanol–water partition coefficient (Wildman–Crippen LogP) is 1.76. The Balaban J connectivity index is 1.99. The zero-order valence-electron chi connectivity index (χ0n) is 9.43. The average Bonchev–Trinajstić information content (AvgIpc) is 2.70. The van der Waals surface area contributed by atoms with Gasteiger partial charge < -0.3 is 0 Å². The molecule has 0 aliphatic carbocycles. The third kappa shape index (κ3) is 2.84. The van der Waals surface area contributed by atoms with E-state index in [-0.39, 0.29) is 5.25 Å². The first-order valence-electron chi connectivity index (χ1n) is 5.53. The number of sulfone groups is 1. The quantitative estimate of drug-likeness (QED) is 0.812. The molecule has 1 aromatic heterocycles. The molecule has 1 saturated heterocycles. The van der Waals surface area contributed by atoms with Gasteiger partial charge in [-0.1, -0.05) is 0 Å². The van der Waals surface area contributed by atoms with Gasteiger partial charge in [-0.2, -0.15) is 11.3 Å². The maximum absolute atomic E-state index is 11.7. The summed E-state index contributed by atoms with van der Waals surface area (Å²) in [5.74, 6) is 0.304. The molecule has 1 aliphatic rings. The van der Waals surface area contributed by atoms with Crippen molar-refractivity contribution in [1.29, 1.82) is 0 Å². The minimum Gasteiger partial charge on any atom is -0.298 e. The molecule has 16 heavy (non-hydrogen) atoms. The van der Waals surface area contributed by atoms with Gasteiger partial charge in [-0.15, -0.1) is 0 Å². The molecule has 0 bridgehead atoms. The van der Waals surface area contributed by atoms with Gasteiger partial charge in [-0.05, 0) is 42.3 Å². The van der Waals surface area contributed by atoms with Crippen LogP contribution in [0.2, 0.25) is 0 Å². The zero-order valence-corrected chi connectivity index (χ0v) is 11.1. The van der Waals surface area contributed by atoms with Crippen molar-refractivity contribution in [1.82, 2.24) is 4.90 Å². The number of hydrogen-bond donors (Lipinski definition) is 0. The number of thiophene rings is 1. The Labute approximate surface area is 101 Å². The van der Waals surface area contributed by atoms with E-state index in [0.717, 1.165) is 19.5 Å². The van der Waals surface area contributed by atoms with E-state index in [9.17, 15) is 8.42 Å². The lowest BCUT2D eigenvalue weighted by atomic mass is 10.2. The van der Waals surface area contributed by atoms with E-state index in [1.165, 1.54) is 5.56 Å². The molecule has 0 spiro atoms. The molecule has 0 amide bonds. The van der Waals surface area contributed by atoms with Crippen LogP contribution in [-0.2, 0) is 16.4 Å². The maximum atomic E-state index is 11.7. The predicted molar refractivity (Wildman–Crippen MR) is 67.5 cm³/mol. The van der Waals surface area contributed by atoms with Crippen molar-refractivity contribution in [3.8, 4) is 0 Å². The summed E-state index contributed by atoms with van der Waals surface area (Å²) in [5, 5.41) is 4.01. The van der Waals surface area contributed by atoms with Gasteiger partial charge in [0, 0.05) is 13.1 Å². The van der Waals surface area contributed by atoms with Crippen molar-refractivity contribution < 1.29 is 8.42 Å². The van der Waals surface area contributed by atoms with E-state index in [4.69, 9.17) is 0 Å². The van der Waals surface area contributed by atoms with E-state index in [2.05, 4.69) is 21.7 Å². The summed E-state index contributed by atoms with van der Waals surface area (Å²) in [7, 11) is -2.85. The minimum absolute atomic E-state index is 0.181. The highest BCUT2D eigenvalue weighted by Crippen LogP contribution is 2.16. The van der Waals surface area contributed by atoms with Crippen LogP contribution in [0, 0.1) is 0 Å². The molecule has 0 unspecified atom stereocenters. The molecule has 0 radical (unpaired) electrons. The maximum Gasteiger partial charge on any atom is 0.154 e. The average molecular weight is 259 g/mol. The standard InChI is InChI=1S/C11H17NO2S2/c1-10-2-4-12(5-7-16(10,13)14)8-11-3-6-15-9-11/h3,6,9-10H,2,4-5,7-8H2,1H3/t10-/m1/s1. The molecule has 1 aliphatic heterocycles. The number of rotatable bonds is 2. The molecule has 2 rings (SSSR count). The fourth-order valence-electron chi connectivity index (χ4n) is 1.91. The second-order valence-electron chi connectivity index (χ2n) is 4.37. The Morgan fingerprint density at radius 1 is 1.50 bits per heavy atom. The van der Waals surface area contributed by atoms with E-state index in [1.54, 1.807) is 11.3 Å². The van der Waals surface area contributed by atoms with Crippen LogP contribution in [0.1, 0.15) is 18.9 Å². The summed E-state index contributed by atoms with van der Waals surface area (Å²) < 4.78 is 23.4. The Hall–Kier alpha value is -0.390. The Morgan fingerprint density at radius 2 is 2.31 bits per heavy atom. The highest BCUT2D eigenvalue weighted by molar-refractivity contribution is 7.92. The van der Waals surface area contributed by atoms with Crippen molar-refractivity contribution in [2.45, 2.75) is 25.1 Å². The second kappa shape index (κ2) is 4.85. The van der Waals surface area contributed by atoms with Crippen LogP contribution >= 0.6 is 11.3 Å². The number of nitrogens with zero attached hydrogens (tertiary/aromatic N) is 1. The molecule has 0 aromatic carbocycles. The van der Waals surface area contributed by atoms with E-state index >= 15 is 0 Å². The van der Waals surface area contributed by atoms with Crippen molar-refractivity contribution in [2.24, 2.45) is 0 Å². The summed E-state index contributed by atoms with van der Waals surface area (Å²) in [6.45, 7) is 4.26. The van der Waals surface area contributed by atoms with Gasteiger partial charge in [0.25, 0.3) is 0 Å². The number of hydrogen-bond acceptors (Lipinski definition) is 4. The van der Waals surface area contributed by atoms with Crippen LogP contribution in [-0.4, -0.2) is 37.4 Å². The zero-order chi connectivity index (χ0) is 11.6. The van der Waals surface area contributed by atoms with Crippen LogP contribution in [0.3, 0.4) is 0 Å². The van der Waals surface area contributed by atoms with Gasteiger partial charge >= 0.3 is 0 Å². The first-order chi connectivity index (χ1) is 7.58. The van der Waals surface area contributed by atoms with E-state index in [0.29, 0.717) is 12.3 Å². The largest absolute Gasteiger partial charge is 0.298 e. The Morgan fingerprint density at radius 3 is 3.00 bits per heavy atom. The lowest BCUT2D eigenvalue weighted by Gasteiger charge is -2.18. The molecule has 1 aromatic rings. The summed E-state index contributed by atoms with van der Waals surface area (Å²) in [6.07, 6.45) is 0.756. The highest BCUT2D eigenvalue weighted by atomic mass is 32.2. The first-order valence-corrected chi connectivity index (χ1v) is 8.19. The lowest BCUT2D eigenvalue weighted by Crippen LogP contribution is -2.26. The smallest absolute Gasteiger partial charge is 0.154 e. The summed E-state index contributed by atoms with van der Waals surface area (Å²) in [6, 6.07) is 2.10. The third-order valence-electron chi connectivity index (χ3n) is 3.14. The summed E-state index contributed by atoms with van der Waals surface area (Å²) in [5.41, 5.74) is 1.29. The summed E-state index contributed by atoms with van der Waals surface area (Å²) >= 11 is 1.69. The minimum atomic E-state index is -2.85. The van der Waals surface area contributed by atoms with E-state index in [1.807, 2.05) is 6.92 Å². The third-order valence-corrected chi connectivity index (χ3v) is 6.09. The van der Waals surface area contributed by atoms with Crippen LogP contribution in [0.15, 0.2) is 16.8 Å². The van der Waals surface area contributed by atoms with Gasteiger partial charge in [0.1, 0.15) is 0 Å². The molecule has 0 saturated carbocycles. The normalized spacial score (nSPS) is 26.4. The fourth-order valence-corrected chi connectivity index (χ4v) is 3.95. The van der Waals surface area contributed by atoms with E-state index < -0.39 is 9.84 Å². The van der Waals surface area contributed by atoms with Crippen LogP contribution in [0.4, 0.5) is 0 Å². The molecular formula is C11H17NO2S2. The molecule has 1 atom stereocenters. The van der Waals surface area contributed by atoms with Gasteiger partial charge in [-0.3, -0.25) is 4.90 Å². The SMILES string of the molecule is C[C@@H]1CCN(Cc2ccsc2)CCS1(=O)=O. The molecule has 5 heteroatoms. The van der Waals surface area contributed by atoms with Gasteiger partial charge in [0.15, 0.2) is 9.84 Å². The molecule has 2 heterocycles. The van der Waals surface area contributed by atoms with Crippen molar-refractivity contribution in [2.75, 3.05) is 18.8 Å². The van der Waals surface area contributed by atoms with Gasteiger partial charge in [0.05, 0.1) is 11.0 Å². The highest BCUT2D eigenvalue weighted by Gasteiger charge is 2.26. The van der Waals surface area contributed by atoms with Gasteiger partial charge in [-0.25, -0.2) is 8.42 Å². The van der Waals surface area contributed by atoms with Crippen LogP contribution < -0.4 is 0 Å². The monoisotopic (exact) mass is 259 g/mol. The fraction of sp³-hybridized carbons (Fsp3) is 0.636. The van der Waals surface area contributed by atoms with Crippen molar-refractivity contribution in [3.63, 3.8) is 0 Å². The van der Waals surface area contributed by atoms with Crippen molar-refractivity contribution >= 4 is 21.2 Å².